The maximum absolute atomic E-state index is 13.0. The Bertz CT molecular complexity index is 1210. The lowest BCUT2D eigenvalue weighted by Crippen LogP contribution is -2.12. The zero-order valence-corrected chi connectivity index (χ0v) is 15.6. The predicted octanol–water partition coefficient (Wildman–Crippen LogP) is 3.39. The standard InChI is InChI=1S/C19H14FN5O3S/c20-14-2-8-17(9-3-14)29(26,27)24-15-4-6-16(7-5-15)28-19-12-18(21-13-22-19)25-11-1-10-23-25/h1-13,24H. The zero-order chi connectivity index (χ0) is 20.3. The molecule has 2 heterocycles. The molecule has 29 heavy (non-hydrogen) atoms. The molecule has 0 saturated heterocycles. The minimum Gasteiger partial charge on any atom is -0.439 e. The molecule has 0 spiro atoms. The van der Waals surface area contributed by atoms with Crippen LogP contribution in [0, 0.1) is 5.82 Å². The number of aromatic nitrogens is 4. The van der Waals surface area contributed by atoms with Crippen molar-refractivity contribution in [2.24, 2.45) is 0 Å². The van der Waals surface area contributed by atoms with Gasteiger partial charge >= 0.3 is 0 Å². The summed E-state index contributed by atoms with van der Waals surface area (Å²) < 4.78 is 47.4. The first-order chi connectivity index (χ1) is 14.0. The van der Waals surface area contributed by atoms with E-state index < -0.39 is 15.8 Å². The minimum atomic E-state index is -3.82. The molecule has 0 atom stereocenters. The second-order valence-electron chi connectivity index (χ2n) is 5.85. The van der Waals surface area contributed by atoms with Gasteiger partial charge in [0.1, 0.15) is 17.9 Å². The third-order valence-electron chi connectivity index (χ3n) is 3.82. The van der Waals surface area contributed by atoms with Gasteiger partial charge in [-0.2, -0.15) is 5.10 Å². The Morgan fingerprint density at radius 2 is 1.76 bits per heavy atom. The van der Waals surface area contributed by atoms with Gasteiger partial charge in [0.25, 0.3) is 10.0 Å². The molecule has 0 aliphatic carbocycles. The van der Waals surface area contributed by atoms with Crippen LogP contribution in [0.2, 0.25) is 0 Å². The third kappa shape index (κ3) is 4.38. The van der Waals surface area contributed by atoms with Gasteiger partial charge in [0, 0.05) is 24.1 Å². The fourth-order valence-electron chi connectivity index (χ4n) is 2.45. The molecule has 146 valence electrons. The zero-order valence-electron chi connectivity index (χ0n) is 14.8. The van der Waals surface area contributed by atoms with Crippen LogP contribution in [-0.4, -0.2) is 28.2 Å². The average molecular weight is 411 g/mol. The van der Waals surface area contributed by atoms with E-state index in [2.05, 4.69) is 19.8 Å². The van der Waals surface area contributed by atoms with Crippen LogP contribution >= 0.6 is 0 Å². The first-order valence-electron chi connectivity index (χ1n) is 8.38. The average Bonchev–Trinajstić information content (AvgIpc) is 3.25. The first-order valence-corrected chi connectivity index (χ1v) is 9.86. The van der Waals surface area contributed by atoms with Crippen LogP contribution in [0.5, 0.6) is 11.6 Å². The van der Waals surface area contributed by atoms with Crippen molar-refractivity contribution in [3.05, 3.63) is 85.2 Å². The van der Waals surface area contributed by atoms with Gasteiger partial charge in [0.2, 0.25) is 5.88 Å². The Morgan fingerprint density at radius 3 is 2.45 bits per heavy atom. The Labute approximate surface area is 165 Å². The van der Waals surface area contributed by atoms with Crippen LogP contribution in [0.3, 0.4) is 0 Å². The lowest BCUT2D eigenvalue weighted by Gasteiger charge is -2.10. The molecule has 2 aromatic carbocycles. The van der Waals surface area contributed by atoms with Crippen molar-refractivity contribution in [1.82, 2.24) is 19.7 Å². The first kappa shape index (κ1) is 18.6. The van der Waals surface area contributed by atoms with E-state index in [4.69, 9.17) is 4.74 Å². The molecule has 0 fully saturated rings. The van der Waals surface area contributed by atoms with Gasteiger partial charge in [-0.05, 0) is 54.6 Å². The summed E-state index contributed by atoms with van der Waals surface area (Å²) in [6.45, 7) is 0. The maximum Gasteiger partial charge on any atom is 0.261 e. The molecule has 8 nitrogen and oxygen atoms in total. The number of anilines is 1. The maximum atomic E-state index is 13.0. The highest BCUT2D eigenvalue weighted by Crippen LogP contribution is 2.23. The number of rotatable bonds is 6. The number of nitrogens with one attached hydrogen (secondary N) is 1. The summed E-state index contributed by atoms with van der Waals surface area (Å²) in [5, 5.41) is 4.09. The van der Waals surface area contributed by atoms with Gasteiger partial charge in [0.15, 0.2) is 5.82 Å². The number of halogens is 1. The summed E-state index contributed by atoms with van der Waals surface area (Å²) in [6.07, 6.45) is 4.74. The van der Waals surface area contributed by atoms with Crippen molar-refractivity contribution in [3.63, 3.8) is 0 Å². The fourth-order valence-corrected chi connectivity index (χ4v) is 3.51. The Hall–Kier alpha value is -3.79. The lowest BCUT2D eigenvalue weighted by atomic mass is 10.3. The number of benzene rings is 2. The van der Waals surface area contributed by atoms with Gasteiger partial charge < -0.3 is 4.74 Å². The van der Waals surface area contributed by atoms with Crippen molar-refractivity contribution in [1.29, 1.82) is 0 Å². The number of sulfonamides is 1. The molecule has 10 heteroatoms. The van der Waals surface area contributed by atoms with Gasteiger partial charge in [-0.1, -0.05) is 0 Å². The van der Waals surface area contributed by atoms with Crippen LogP contribution in [0.4, 0.5) is 10.1 Å². The van der Waals surface area contributed by atoms with Crippen molar-refractivity contribution in [2.45, 2.75) is 4.90 Å². The topological polar surface area (TPSA) is 99.0 Å². The summed E-state index contributed by atoms with van der Waals surface area (Å²) in [7, 11) is -3.82. The molecule has 4 aromatic rings. The predicted molar refractivity (Wildman–Crippen MR) is 103 cm³/mol. The van der Waals surface area contributed by atoms with E-state index in [0.717, 1.165) is 12.1 Å². The van der Waals surface area contributed by atoms with E-state index in [1.165, 1.54) is 18.5 Å². The molecule has 2 aromatic heterocycles. The van der Waals surface area contributed by atoms with Crippen molar-refractivity contribution in [3.8, 4) is 17.4 Å². The summed E-state index contributed by atoms with van der Waals surface area (Å²) >= 11 is 0. The normalized spacial score (nSPS) is 11.2. The molecule has 0 aliphatic rings. The van der Waals surface area contributed by atoms with Crippen molar-refractivity contribution < 1.29 is 17.5 Å². The van der Waals surface area contributed by atoms with Crippen LogP contribution in [0.15, 0.2) is 84.3 Å². The van der Waals surface area contributed by atoms with E-state index in [1.807, 2.05) is 0 Å². The summed E-state index contributed by atoms with van der Waals surface area (Å²) in [4.78, 5) is 8.14. The Morgan fingerprint density at radius 1 is 1.00 bits per heavy atom. The van der Waals surface area contributed by atoms with Crippen LogP contribution in [0.25, 0.3) is 5.82 Å². The summed E-state index contributed by atoms with van der Waals surface area (Å²) in [5.41, 5.74) is 0.335. The van der Waals surface area contributed by atoms with Gasteiger partial charge in [-0.3, -0.25) is 4.72 Å². The molecule has 4 rings (SSSR count). The number of ether oxygens (including phenoxy) is 1. The van der Waals surface area contributed by atoms with Gasteiger partial charge in [0.05, 0.1) is 4.90 Å². The highest BCUT2D eigenvalue weighted by molar-refractivity contribution is 7.92. The second-order valence-corrected chi connectivity index (χ2v) is 7.53. The molecule has 0 bridgehead atoms. The van der Waals surface area contributed by atoms with E-state index in [-0.39, 0.29) is 4.90 Å². The number of hydrogen-bond acceptors (Lipinski definition) is 6. The SMILES string of the molecule is O=S(=O)(Nc1ccc(Oc2cc(-n3cccn3)ncn2)cc1)c1ccc(F)cc1. The van der Waals surface area contributed by atoms with Crippen LogP contribution in [-0.2, 0) is 10.0 Å². The van der Waals surface area contributed by atoms with Crippen molar-refractivity contribution >= 4 is 15.7 Å². The van der Waals surface area contributed by atoms with E-state index in [1.54, 1.807) is 53.5 Å². The quantitative estimate of drug-likeness (QED) is 0.522. The van der Waals surface area contributed by atoms with E-state index in [9.17, 15) is 12.8 Å². The Kier molecular flexibility index (Phi) is 4.92. The van der Waals surface area contributed by atoms with Gasteiger partial charge in [-0.25, -0.2) is 27.5 Å². The van der Waals surface area contributed by atoms with Crippen LogP contribution < -0.4 is 9.46 Å². The molecule has 0 amide bonds. The third-order valence-corrected chi connectivity index (χ3v) is 5.22. The number of nitrogens with zero attached hydrogens (tertiary/aromatic N) is 4. The molecular weight excluding hydrogens is 397 g/mol. The smallest absolute Gasteiger partial charge is 0.261 e. The fraction of sp³-hybridized carbons (Fsp3) is 0. The summed E-state index contributed by atoms with van der Waals surface area (Å²) in [5.74, 6) is 0.805. The van der Waals surface area contributed by atoms with E-state index >= 15 is 0 Å². The van der Waals surface area contributed by atoms with E-state index in [0.29, 0.717) is 23.1 Å². The molecule has 0 saturated carbocycles. The molecule has 1 N–H and O–H groups in total. The molecule has 0 radical (unpaired) electrons. The second kappa shape index (κ2) is 7.68. The molecule has 0 unspecified atom stereocenters. The molecular formula is C19H14FN5O3S. The monoisotopic (exact) mass is 411 g/mol. The van der Waals surface area contributed by atoms with Crippen LogP contribution in [0.1, 0.15) is 0 Å². The lowest BCUT2D eigenvalue weighted by molar-refractivity contribution is 0.460. The Balaban J connectivity index is 1.47. The van der Waals surface area contributed by atoms with Gasteiger partial charge in [-0.15, -0.1) is 0 Å². The molecule has 0 aliphatic heterocycles. The summed E-state index contributed by atoms with van der Waals surface area (Å²) in [6, 6.07) is 14.2. The largest absolute Gasteiger partial charge is 0.439 e. The number of hydrogen-bond donors (Lipinski definition) is 1. The highest BCUT2D eigenvalue weighted by Gasteiger charge is 2.14. The highest BCUT2D eigenvalue weighted by atomic mass is 32.2. The van der Waals surface area contributed by atoms with Crippen molar-refractivity contribution in [2.75, 3.05) is 4.72 Å². The minimum absolute atomic E-state index is 0.0358.